The van der Waals surface area contributed by atoms with Crippen molar-refractivity contribution in [2.45, 2.75) is 12.5 Å². The number of aliphatic carboxylic acids is 1. The van der Waals surface area contributed by atoms with Crippen molar-refractivity contribution in [3.8, 4) is 0 Å². The van der Waals surface area contributed by atoms with Crippen LogP contribution in [0.3, 0.4) is 0 Å². The SMILES string of the molecule is O=C1C[C@@H](C(=O)O)N=CN1. The van der Waals surface area contributed by atoms with Crippen molar-refractivity contribution in [1.29, 1.82) is 0 Å². The molecule has 5 heteroatoms. The summed E-state index contributed by atoms with van der Waals surface area (Å²) in [7, 11) is 0. The summed E-state index contributed by atoms with van der Waals surface area (Å²) in [6.07, 6.45) is 1.05. The van der Waals surface area contributed by atoms with E-state index in [0.29, 0.717) is 0 Å². The van der Waals surface area contributed by atoms with Gasteiger partial charge in [0.05, 0.1) is 12.8 Å². The lowest BCUT2D eigenvalue weighted by Crippen LogP contribution is -2.35. The fourth-order valence-corrected chi connectivity index (χ4v) is 0.638. The minimum Gasteiger partial charge on any atom is -0.480 e. The number of carbonyl (C=O) groups is 2. The number of aliphatic imine (C=N–C) groups is 1. The average Bonchev–Trinajstić information content (AvgIpc) is 1.88. The first-order valence-electron chi connectivity index (χ1n) is 2.74. The Morgan fingerprint density at radius 3 is 3.00 bits per heavy atom. The Morgan fingerprint density at radius 1 is 1.90 bits per heavy atom. The number of carboxylic acid groups (broad SMARTS) is 1. The smallest absolute Gasteiger partial charge is 0.329 e. The molecule has 0 aromatic heterocycles. The molecule has 0 unspecified atom stereocenters. The normalized spacial score (nSPS) is 24.0. The van der Waals surface area contributed by atoms with Gasteiger partial charge >= 0.3 is 5.97 Å². The molecule has 0 bridgehead atoms. The molecule has 0 fully saturated rings. The highest BCUT2D eigenvalue weighted by Crippen LogP contribution is 2.00. The van der Waals surface area contributed by atoms with Crippen molar-refractivity contribution in [2.24, 2.45) is 4.99 Å². The van der Waals surface area contributed by atoms with Gasteiger partial charge in [-0.05, 0) is 0 Å². The molecule has 0 saturated heterocycles. The number of nitrogens with one attached hydrogen (secondary N) is 1. The van der Waals surface area contributed by atoms with Gasteiger partial charge < -0.3 is 10.4 Å². The molecule has 1 amide bonds. The van der Waals surface area contributed by atoms with Gasteiger partial charge in [0.25, 0.3) is 0 Å². The van der Waals surface area contributed by atoms with Crippen LogP contribution in [0.2, 0.25) is 0 Å². The van der Waals surface area contributed by atoms with E-state index in [0.717, 1.165) is 6.34 Å². The minimum absolute atomic E-state index is 0.0637. The lowest BCUT2D eigenvalue weighted by atomic mass is 10.2. The van der Waals surface area contributed by atoms with Crippen molar-refractivity contribution in [3.05, 3.63) is 0 Å². The number of carbonyl (C=O) groups excluding carboxylic acids is 1. The summed E-state index contributed by atoms with van der Waals surface area (Å²) < 4.78 is 0. The number of amides is 1. The zero-order chi connectivity index (χ0) is 7.56. The van der Waals surface area contributed by atoms with E-state index < -0.39 is 12.0 Å². The van der Waals surface area contributed by atoms with Crippen LogP contribution in [-0.4, -0.2) is 29.4 Å². The molecule has 54 valence electrons. The van der Waals surface area contributed by atoms with E-state index >= 15 is 0 Å². The molecular formula is C5H6N2O3. The topological polar surface area (TPSA) is 78.8 Å². The third kappa shape index (κ3) is 1.31. The second kappa shape index (κ2) is 2.47. The Kier molecular flexibility index (Phi) is 1.66. The van der Waals surface area contributed by atoms with Crippen molar-refractivity contribution < 1.29 is 14.7 Å². The molecular weight excluding hydrogens is 136 g/mol. The molecule has 10 heavy (non-hydrogen) atoms. The van der Waals surface area contributed by atoms with Crippen LogP contribution in [0.4, 0.5) is 0 Å². The lowest BCUT2D eigenvalue weighted by molar-refractivity contribution is -0.140. The first-order chi connectivity index (χ1) is 4.70. The highest BCUT2D eigenvalue weighted by atomic mass is 16.4. The first kappa shape index (κ1) is 6.73. The fraction of sp³-hybridized carbons (Fsp3) is 0.400. The molecule has 0 spiro atoms. The van der Waals surface area contributed by atoms with Gasteiger partial charge in [-0.2, -0.15) is 0 Å². The van der Waals surface area contributed by atoms with Gasteiger partial charge in [0, 0.05) is 0 Å². The predicted octanol–water partition coefficient (Wildman–Crippen LogP) is -1.01. The Morgan fingerprint density at radius 2 is 2.60 bits per heavy atom. The highest BCUT2D eigenvalue weighted by Gasteiger charge is 2.21. The standard InChI is InChI=1S/C5H6N2O3/c8-4-1-3(5(9)10)6-2-7-4/h2-3H,1H2,(H,9,10)(H,6,7,8)/t3-/m0/s1. The maximum Gasteiger partial charge on any atom is 0.329 e. The second-order valence-electron chi connectivity index (χ2n) is 1.90. The first-order valence-corrected chi connectivity index (χ1v) is 2.74. The lowest BCUT2D eigenvalue weighted by Gasteiger charge is -2.10. The van der Waals surface area contributed by atoms with Crippen LogP contribution in [0.25, 0.3) is 0 Å². The van der Waals surface area contributed by atoms with E-state index in [1.54, 1.807) is 0 Å². The van der Waals surface area contributed by atoms with Crippen LogP contribution in [0.5, 0.6) is 0 Å². The van der Waals surface area contributed by atoms with E-state index in [-0.39, 0.29) is 12.3 Å². The maximum atomic E-state index is 10.5. The summed E-state index contributed by atoms with van der Waals surface area (Å²) in [5.74, 6) is -1.37. The third-order valence-corrected chi connectivity index (χ3v) is 1.14. The van der Waals surface area contributed by atoms with Gasteiger partial charge in [-0.1, -0.05) is 0 Å². The van der Waals surface area contributed by atoms with Gasteiger partial charge in [-0.3, -0.25) is 9.79 Å². The van der Waals surface area contributed by atoms with Crippen LogP contribution in [-0.2, 0) is 9.59 Å². The van der Waals surface area contributed by atoms with Gasteiger partial charge in [0.15, 0.2) is 6.04 Å². The third-order valence-electron chi connectivity index (χ3n) is 1.14. The largest absolute Gasteiger partial charge is 0.480 e. The average molecular weight is 142 g/mol. The number of hydrogen-bond donors (Lipinski definition) is 2. The molecule has 0 aromatic rings. The molecule has 1 aliphatic rings. The Balaban J connectivity index is 2.64. The van der Waals surface area contributed by atoms with E-state index in [4.69, 9.17) is 5.11 Å². The molecule has 0 aliphatic carbocycles. The predicted molar refractivity (Wildman–Crippen MR) is 32.7 cm³/mol. The van der Waals surface area contributed by atoms with Crippen LogP contribution >= 0.6 is 0 Å². The summed E-state index contributed by atoms with van der Waals surface area (Å²) in [6.45, 7) is 0. The Hall–Kier alpha value is -1.39. The number of rotatable bonds is 1. The Labute approximate surface area is 56.8 Å². The molecule has 2 N–H and O–H groups in total. The molecule has 0 saturated carbocycles. The van der Waals surface area contributed by atoms with Gasteiger partial charge in [-0.25, -0.2) is 4.79 Å². The van der Waals surface area contributed by atoms with E-state index in [2.05, 4.69) is 10.3 Å². The van der Waals surface area contributed by atoms with Gasteiger partial charge in [-0.15, -0.1) is 0 Å². The summed E-state index contributed by atoms with van der Waals surface area (Å²) in [6, 6.07) is -0.895. The maximum absolute atomic E-state index is 10.5. The van der Waals surface area contributed by atoms with Crippen molar-refractivity contribution >= 4 is 18.2 Å². The highest BCUT2D eigenvalue weighted by molar-refractivity contribution is 5.94. The summed E-state index contributed by atoms with van der Waals surface area (Å²) in [4.78, 5) is 24.2. The molecule has 1 aliphatic heterocycles. The summed E-state index contributed by atoms with van der Waals surface area (Å²) in [5, 5.41) is 10.6. The minimum atomic E-state index is -1.06. The van der Waals surface area contributed by atoms with Crippen molar-refractivity contribution in [3.63, 3.8) is 0 Å². The molecule has 1 atom stereocenters. The molecule has 5 nitrogen and oxygen atoms in total. The van der Waals surface area contributed by atoms with E-state index in [9.17, 15) is 9.59 Å². The van der Waals surface area contributed by atoms with Crippen LogP contribution < -0.4 is 5.32 Å². The van der Waals surface area contributed by atoms with Gasteiger partial charge in [0.2, 0.25) is 5.91 Å². The summed E-state index contributed by atoms with van der Waals surface area (Å²) in [5.41, 5.74) is 0. The number of carboxylic acids is 1. The fourth-order valence-electron chi connectivity index (χ4n) is 0.638. The molecule has 1 heterocycles. The molecule has 0 radical (unpaired) electrons. The molecule has 0 aromatic carbocycles. The quantitative estimate of drug-likeness (QED) is 0.492. The van der Waals surface area contributed by atoms with Crippen LogP contribution in [0.15, 0.2) is 4.99 Å². The second-order valence-corrected chi connectivity index (χ2v) is 1.90. The number of nitrogens with zero attached hydrogens (tertiary/aromatic N) is 1. The number of hydrogen-bond acceptors (Lipinski definition) is 3. The van der Waals surface area contributed by atoms with Crippen LogP contribution in [0.1, 0.15) is 6.42 Å². The monoisotopic (exact) mass is 142 g/mol. The van der Waals surface area contributed by atoms with Crippen molar-refractivity contribution in [1.82, 2.24) is 5.32 Å². The Bertz CT molecular complexity index is 199. The van der Waals surface area contributed by atoms with E-state index in [1.807, 2.05) is 0 Å². The summed E-state index contributed by atoms with van der Waals surface area (Å²) >= 11 is 0. The van der Waals surface area contributed by atoms with Crippen LogP contribution in [0, 0.1) is 0 Å². The van der Waals surface area contributed by atoms with E-state index in [1.165, 1.54) is 0 Å². The molecule has 1 rings (SSSR count). The zero-order valence-corrected chi connectivity index (χ0v) is 5.07. The van der Waals surface area contributed by atoms with Crippen molar-refractivity contribution in [2.75, 3.05) is 0 Å². The zero-order valence-electron chi connectivity index (χ0n) is 5.07. The van der Waals surface area contributed by atoms with Gasteiger partial charge in [0.1, 0.15) is 0 Å².